The van der Waals surface area contributed by atoms with Gasteiger partial charge in [-0.1, -0.05) is 26.0 Å². The number of benzene rings is 1. The van der Waals surface area contributed by atoms with E-state index in [1.807, 2.05) is 0 Å². The lowest BCUT2D eigenvalue weighted by Gasteiger charge is -2.33. The van der Waals surface area contributed by atoms with E-state index in [0.29, 0.717) is 18.5 Å². The number of carboxylic acids is 1. The largest absolute Gasteiger partial charge is 0.545 e. The van der Waals surface area contributed by atoms with Crippen molar-refractivity contribution >= 4 is 11.7 Å². The molecule has 0 fully saturated rings. The van der Waals surface area contributed by atoms with Crippen LogP contribution >= 0.6 is 0 Å². The van der Waals surface area contributed by atoms with Gasteiger partial charge in [0.05, 0.1) is 5.97 Å². The highest BCUT2D eigenvalue weighted by atomic mass is 16.4. The standard InChI is InChI=1S/C13H19NO4/c1-3-11(15)14(12(16)4-2)10-7-5-9(6-8-10)13(17)18/h5-8,11-12,15-16H,3-4H2,1-2H3,(H,17,18)/p-1. The summed E-state index contributed by atoms with van der Waals surface area (Å²) in [5.74, 6) is -1.25. The lowest BCUT2D eigenvalue weighted by molar-refractivity contribution is -0.255. The van der Waals surface area contributed by atoms with Gasteiger partial charge in [-0.05, 0) is 30.5 Å². The van der Waals surface area contributed by atoms with E-state index in [9.17, 15) is 20.1 Å². The second kappa shape index (κ2) is 6.37. The van der Waals surface area contributed by atoms with E-state index < -0.39 is 18.4 Å². The van der Waals surface area contributed by atoms with Crippen LogP contribution in [0.1, 0.15) is 37.0 Å². The summed E-state index contributed by atoms with van der Waals surface area (Å²) in [6.07, 6.45) is -0.707. The summed E-state index contributed by atoms with van der Waals surface area (Å²) in [6, 6.07) is 5.87. The van der Waals surface area contributed by atoms with Gasteiger partial charge in [0, 0.05) is 5.69 Å². The molecule has 1 aromatic rings. The molecule has 2 atom stereocenters. The quantitative estimate of drug-likeness (QED) is 0.712. The van der Waals surface area contributed by atoms with Gasteiger partial charge in [0.15, 0.2) is 0 Å². The molecule has 100 valence electrons. The molecule has 0 spiro atoms. The summed E-state index contributed by atoms with van der Waals surface area (Å²) >= 11 is 0. The Kier molecular flexibility index (Phi) is 5.12. The van der Waals surface area contributed by atoms with E-state index in [-0.39, 0.29) is 5.56 Å². The maximum Gasteiger partial charge on any atom is 0.128 e. The molecule has 0 aromatic heterocycles. The van der Waals surface area contributed by atoms with Crippen LogP contribution in [0.25, 0.3) is 0 Å². The van der Waals surface area contributed by atoms with E-state index >= 15 is 0 Å². The fourth-order valence-electron chi connectivity index (χ4n) is 1.71. The molecular weight excluding hydrogens is 234 g/mol. The zero-order chi connectivity index (χ0) is 13.7. The van der Waals surface area contributed by atoms with Crippen molar-refractivity contribution in [2.24, 2.45) is 0 Å². The van der Waals surface area contributed by atoms with Crippen LogP contribution in [0.5, 0.6) is 0 Å². The third-order valence-electron chi connectivity index (χ3n) is 2.77. The van der Waals surface area contributed by atoms with Crippen LogP contribution in [-0.2, 0) is 0 Å². The zero-order valence-corrected chi connectivity index (χ0v) is 10.5. The van der Waals surface area contributed by atoms with Crippen LogP contribution in [0, 0.1) is 0 Å². The molecule has 2 N–H and O–H groups in total. The molecule has 5 heteroatoms. The Labute approximate surface area is 106 Å². The van der Waals surface area contributed by atoms with Crippen molar-refractivity contribution in [1.29, 1.82) is 0 Å². The first kappa shape index (κ1) is 14.5. The molecular formula is C13H18NO4-. The number of carboxylic acid groups (broad SMARTS) is 1. The minimum absolute atomic E-state index is 0.0654. The van der Waals surface area contributed by atoms with Crippen LogP contribution in [0.15, 0.2) is 24.3 Å². The van der Waals surface area contributed by atoms with Gasteiger partial charge in [-0.2, -0.15) is 0 Å². The lowest BCUT2D eigenvalue weighted by Crippen LogP contribution is -2.43. The Morgan fingerprint density at radius 2 is 1.61 bits per heavy atom. The number of rotatable bonds is 6. The maximum absolute atomic E-state index is 10.6. The Hall–Kier alpha value is -1.59. The summed E-state index contributed by atoms with van der Waals surface area (Å²) in [6.45, 7) is 3.60. The number of carbonyl (C=O) groups excluding carboxylic acids is 1. The SMILES string of the molecule is CCC(O)N(c1ccc(C(=O)[O-])cc1)C(O)CC. The van der Waals surface area contributed by atoms with Crippen LogP contribution < -0.4 is 10.0 Å². The predicted molar refractivity (Wildman–Crippen MR) is 65.8 cm³/mol. The second-order valence-electron chi connectivity index (χ2n) is 4.02. The average molecular weight is 252 g/mol. The second-order valence-corrected chi connectivity index (χ2v) is 4.02. The van der Waals surface area contributed by atoms with E-state index in [1.54, 1.807) is 26.0 Å². The van der Waals surface area contributed by atoms with E-state index in [2.05, 4.69) is 0 Å². The highest BCUT2D eigenvalue weighted by molar-refractivity contribution is 5.86. The van der Waals surface area contributed by atoms with Gasteiger partial charge in [0.2, 0.25) is 0 Å². The zero-order valence-electron chi connectivity index (χ0n) is 10.5. The highest BCUT2D eigenvalue weighted by Gasteiger charge is 2.20. The molecule has 0 aliphatic carbocycles. The summed E-state index contributed by atoms with van der Waals surface area (Å²) in [5.41, 5.74) is 0.638. The number of nitrogens with zero attached hydrogens (tertiary/aromatic N) is 1. The topological polar surface area (TPSA) is 83.8 Å². The number of hydrogen-bond acceptors (Lipinski definition) is 5. The molecule has 0 saturated heterocycles. The van der Waals surface area contributed by atoms with Crippen molar-refractivity contribution in [1.82, 2.24) is 0 Å². The molecule has 2 unspecified atom stereocenters. The van der Waals surface area contributed by atoms with Gasteiger partial charge in [-0.25, -0.2) is 0 Å². The summed E-state index contributed by atoms with van der Waals surface area (Å²) in [7, 11) is 0. The maximum atomic E-state index is 10.6. The van der Waals surface area contributed by atoms with E-state index in [4.69, 9.17) is 0 Å². The summed E-state index contributed by atoms with van der Waals surface area (Å²) < 4.78 is 0. The van der Waals surface area contributed by atoms with Crippen LogP contribution in [0.4, 0.5) is 5.69 Å². The van der Waals surface area contributed by atoms with Gasteiger partial charge >= 0.3 is 0 Å². The number of anilines is 1. The fraction of sp³-hybridized carbons (Fsp3) is 0.462. The number of aliphatic hydroxyl groups is 2. The molecule has 1 aromatic carbocycles. The normalized spacial score (nSPS) is 14.0. The Balaban J connectivity index is 3.02. The van der Waals surface area contributed by atoms with Gasteiger partial charge in [-0.15, -0.1) is 0 Å². The molecule has 18 heavy (non-hydrogen) atoms. The molecule has 0 aliphatic rings. The molecule has 0 heterocycles. The van der Waals surface area contributed by atoms with Gasteiger partial charge in [0.25, 0.3) is 0 Å². The van der Waals surface area contributed by atoms with Crippen molar-refractivity contribution in [2.45, 2.75) is 39.1 Å². The monoisotopic (exact) mass is 252 g/mol. The van der Waals surface area contributed by atoms with Gasteiger partial charge in [-0.3, -0.25) is 0 Å². The number of aliphatic hydroxyl groups excluding tert-OH is 2. The van der Waals surface area contributed by atoms with Gasteiger partial charge in [0.1, 0.15) is 12.5 Å². The van der Waals surface area contributed by atoms with Crippen LogP contribution in [0.2, 0.25) is 0 Å². The molecule has 5 nitrogen and oxygen atoms in total. The first-order valence-corrected chi connectivity index (χ1v) is 5.97. The van der Waals surface area contributed by atoms with Crippen LogP contribution in [0.3, 0.4) is 0 Å². The lowest BCUT2D eigenvalue weighted by atomic mass is 10.1. The molecule has 0 bridgehead atoms. The van der Waals surface area contributed by atoms with E-state index in [1.165, 1.54) is 17.0 Å². The first-order valence-electron chi connectivity index (χ1n) is 5.97. The van der Waals surface area contributed by atoms with Crippen molar-refractivity contribution in [2.75, 3.05) is 4.90 Å². The number of carbonyl (C=O) groups is 1. The minimum atomic E-state index is -1.25. The van der Waals surface area contributed by atoms with Crippen molar-refractivity contribution < 1.29 is 20.1 Å². The fourth-order valence-corrected chi connectivity index (χ4v) is 1.71. The molecule has 0 amide bonds. The highest BCUT2D eigenvalue weighted by Crippen LogP contribution is 2.21. The third kappa shape index (κ3) is 3.21. The van der Waals surface area contributed by atoms with Crippen molar-refractivity contribution in [3.05, 3.63) is 29.8 Å². The Bertz CT molecular complexity index is 380. The average Bonchev–Trinajstić information content (AvgIpc) is 2.39. The molecule has 1 rings (SSSR count). The number of hydrogen-bond donors (Lipinski definition) is 2. The summed E-state index contributed by atoms with van der Waals surface area (Å²) in [5, 5.41) is 30.4. The smallest absolute Gasteiger partial charge is 0.128 e. The minimum Gasteiger partial charge on any atom is -0.545 e. The Morgan fingerprint density at radius 3 is 1.94 bits per heavy atom. The first-order chi connectivity index (χ1) is 8.51. The summed E-state index contributed by atoms with van der Waals surface area (Å²) in [4.78, 5) is 12.1. The molecule has 0 aliphatic heterocycles. The molecule has 0 radical (unpaired) electrons. The molecule has 0 saturated carbocycles. The van der Waals surface area contributed by atoms with Crippen molar-refractivity contribution in [3.8, 4) is 0 Å². The number of aromatic carboxylic acids is 1. The third-order valence-corrected chi connectivity index (χ3v) is 2.77. The predicted octanol–water partition coefficient (Wildman–Crippen LogP) is 0.313. The van der Waals surface area contributed by atoms with Gasteiger partial charge < -0.3 is 25.0 Å². The van der Waals surface area contributed by atoms with Crippen LogP contribution in [-0.4, -0.2) is 28.6 Å². The van der Waals surface area contributed by atoms with Crippen molar-refractivity contribution in [3.63, 3.8) is 0 Å². The Morgan fingerprint density at radius 1 is 1.17 bits per heavy atom. The van der Waals surface area contributed by atoms with E-state index in [0.717, 1.165) is 0 Å².